The van der Waals surface area contributed by atoms with Crippen molar-refractivity contribution in [2.45, 2.75) is 6.92 Å². The van der Waals surface area contributed by atoms with Crippen molar-refractivity contribution in [2.24, 2.45) is 0 Å². The Balaban J connectivity index is 2.26. The molecule has 0 radical (unpaired) electrons. The Hall–Kier alpha value is -2.01. The fourth-order valence-electron chi connectivity index (χ4n) is 1.60. The third-order valence-corrected chi connectivity index (χ3v) is 3.73. The number of halogens is 1. The number of carbonyl (C=O) groups is 1. The number of nitrogens with one attached hydrogen (secondary N) is 1. The van der Waals surface area contributed by atoms with Crippen LogP contribution in [0.3, 0.4) is 0 Å². The second kappa shape index (κ2) is 5.32. The predicted molar refractivity (Wildman–Crippen MR) is 76.6 cm³/mol. The zero-order valence-corrected chi connectivity index (χ0v) is 11.7. The van der Waals surface area contributed by atoms with Crippen molar-refractivity contribution in [3.63, 3.8) is 0 Å². The lowest BCUT2D eigenvalue weighted by atomic mass is 10.1. The van der Waals surface area contributed by atoms with E-state index in [4.69, 9.17) is 0 Å². The van der Waals surface area contributed by atoms with Crippen LogP contribution in [0.15, 0.2) is 40.9 Å². The van der Waals surface area contributed by atoms with Gasteiger partial charge in [-0.25, -0.2) is 0 Å². The van der Waals surface area contributed by atoms with Gasteiger partial charge in [-0.05, 0) is 52.7 Å². The molecule has 0 heterocycles. The number of carbonyl (C=O) groups excluding carboxylic acids is 1. The molecule has 98 valence electrons. The molecule has 0 unspecified atom stereocenters. The molecular weight excluding hydrogens is 310 g/mol. The van der Waals surface area contributed by atoms with E-state index in [0.717, 1.165) is 10.0 Å². The van der Waals surface area contributed by atoms with Crippen LogP contribution in [0.1, 0.15) is 15.9 Å². The van der Waals surface area contributed by atoms with Crippen LogP contribution in [0.5, 0.6) is 11.5 Å². The average Bonchev–Trinajstić information content (AvgIpc) is 2.38. The normalized spacial score (nSPS) is 10.2. The van der Waals surface area contributed by atoms with Crippen molar-refractivity contribution in [3.05, 3.63) is 52.0 Å². The molecule has 1 amide bonds. The van der Waals surface area contributed by atoms with Gasteiger partial charge in [0.2, 0.25) is 0 Å². The zero-order valence-electron chi connectivity index (χ0n) is 10.1. The zero-order chi connectivity index (χ0) is 14.0. The first-order valence-electron chi connectivity index (χ1n) is 5.57. The summed E-state index contributed by atoms with van der Waals surface area (Å²) in [7, 11) is 0. The van der Waals surface area contributed by atoms with E-state index in [0.29, 0.717) is 5.69 Å². The minimum atomic E-state index is -0.360. The molecule has 3 N–H and O–H groups in total. The van der Waals surface area contributed by atoms with E-state index in [2.05, 4.69) is 21.2 Å². The maximum absolute atomic E-state index is 12.0. The molecule has 0 aliphatic rings. The first-order valence-corrected chi connectivity index (χ1v) is 6.37. The molecule has 0 bridgehead atoms. The average molecular weight is 322 g/mol. The lowest BCUT2D eigenvalue weighted by Crippen LogP contribution is -2.12. The van der Waals surface area contributed by atoms with Gasteiger partial charge in [0.15, 0.2) is 11.5 Å². The lowest BCUT2D eigenvalue weighted by Gasteiger charge is -2.09. The Bertz CT molecular complexity index is 641. The number of hydrogen-bond donors (Lipinski definition) is 3. The number of phenols is 2. The maximum Gasteiger partial charge on any atom is 0.255 e. The van der Waals surface area contributed by atoms with Gasteiger partial charge in [-0.2, -0.15) is 0 Å². The van der Waals surface area contributed by atoms with Crippen LogP contribution in [0.2, 0.25) is 0 Å². The van der Waals surface area contributed by atoms with Gasteiger partial charge in [-0.1, -0.05) is 12.1 Å². The Morgan fingerprint density at radius 3 is 2.58 bits per heavy atom. The summed E-state index contributed by atoms with van der Waals surface area (Å²) >= 11 is 3.40. The van der Waals surface area contributed by atoms with Gasteiger partial charge in [0.05, 0.1) is 5.69 Å². The molecule has 0 spiro atoms. The van der Waals surface area contributed by atoms with Crippen LogP contribution < -0.4 is 5.32 Å². The quantitative estimate of drug-likeness (QED) is 0.742. The number of benzene rings is 2. The third kappa shape index (κ3) is 2.88. The summed E-state index contributed by atoms with van der Waals surface area (Å²) in [5.41, 5.74) is 1.92. The molecule has 0 fully saturated rings. The van der Waals surface area contributed by atoms with Gasteiger partial charge < -0.3 is 15.5 Å². The molecule has 0 saturated heterocycles. The van der Waals surface area contributed by atoms with E-state index in [1.54, 1.807) is 6.07 Å². The SMILES string of the molecule is Cc1cccc(NC(=O)c2ccc(O)c(O)c2)c1Br. The molecule has 4 nitrogen and oxygen atoms in total. The number of rotatable bonds is 2. The lowest BCUT2D eigenvalue weighted by molar-refractivity contribution is 0.102. The number of hydrogen-bond acceptors (Lipinski definition) is 3. The van der Waals surface area contributed by atoms with Crippen LogP contribution in [-0.4, -0.2) is 16.1 Å². The van der Waals surface area contributed by atoms with E-state index >= 15 is 0 Å². The smallest absolute Gasteiger partial charge is 0.255 e. The standard InChI is InChI=1S/C14H12BrNO3/c1-8-3-2-4-10(13(8)15)16-14(19)9-5-6-11(17)12(18)7-9/h2-7,17-18H,1H3,(H,16,19). The molecule has 19 heavy (non-hydrogen) atoms. The molecule has 5 heteroatoms. The van der Waals surface area contributed by atoms with Gasteiger partial charge in [0, 0.05) is 10.0 Å². The summed E-state index contributed by atoms with van der Waals surface area (Å²) in [5.74, 6) is -0.939. The van der Waals surface area contributed by atoms with Crippen molar-refractivity contribution in [2.75, 3.05) is 5.32 Å². The summed E-state index contributed by atoms with van der Waals surface area (Å²) in [6, 6.07) is 9.46. The van der Waals surface area contributed by atoms with Gasteiger partial charge in [0.1, 0.15) is 0 Å². The Morgan fingerprint density at radius 2 is 1.89 bits per heavy atom. The molecule has 2 rings (SSSR count). The van der Waals surface area contributed by atoms with Gasteiger partial charge in [-0.15, -0.1) is 0 Å². The van der Waals surface area contributed by atoms with Crippen molar-refractivity contribution in [3.8, 4) is 11.5 Å². The summed E-state index contributed by atoms with van der Waals surface area (Å²) in [6.45, 7) is 1.92. The summed E-state index contributed by atoms with van der Waals surface area (Å²) in [4.78, 5) is 12.0. The second-order valence-corrected chi connectivity index (χ2v) is 4.89. The van der Waals surface area contributed by atoms with Crippen molar-refractivity contribution < 1.29 is 15.0 Å². The first-order chi connectivity index (χ1) is 8.99. The predicted octanol–water partition coefficient (Wildman–Crippen LogP) is 3.42. The minimum Gasteiger partial charge on any atom is -0.504 e. The van der Waals surface area contributed by atoms with Crippen LogP contribution in [0.25, 0.3) is 0 Å². The van der Waals surface area contributed by atoms with Crippen molar-refractivity contribution in [1.82, 2.24) is 0 Å². The topological polar surface area (TPSA) is 69.6 Å². The monoisotopic (exact) mass is 321 g/mol. The highest BCUT2D eigenvalue weighted by molar-refractivity contribution is 9.10. The molecule has 2 aromatic rings. The fraction of sp³-hybridized carbons (Fsp3) is 0.0714. The molecule has 0 saturated carbocycles. The van der Waals surface area contributed by atoms with Gasteiger partial charge >= 0.3 is 0 Å². The number of aromatic hydroxyl groups is 2. The van der Waals surface area contributed by atoms with Crippen LogP contribution in [0.4, 0.5) is 5.69 Å². The van der Waals surface area contributed by atoms with Gasteiger partial charge in [0.25, 0.3) is 5.91 Å². The molecule has 0 atom stereocenters. The Labute approximate surface area is 118 Å². The van der Waals surface area contributed by atoms with Crippen LogP contribution in [0, 0.1) is 6.92 Å². The van der Waals surface area contributed by atoms with Crippen LogP contribution >= 0.6 is 15.9 Å². The number of aryl methyl sites for hydroxylation is 1. The highest BCUT2D eigenvalue weighted by atomic mass is 79.9. The Morgan fingerprint density at radius 1 is 1.16 bits per heavy atom. The van der Waals surface area contributed by atoms with E-state index in [-0.39, 0.29) is 23.0 Å². The summed E-state index contributed by atoms with van der Waals surface area (Å²) < 4.78 is 0.811. The Kier molecular flexibility index (Phi) is 3.76. The third-order valence-electron chi connectivity index (χ3n) is 2.68. The molecule has 0 aromatic heterocycles. The van der Waals surface area contributed by atoms with Gasteiger partial charge in [-0.3, -0.25) is 4.79 Å². The largest absolute Gasteiger partial charge is 0.504 e. The molecule has 2 aromatic carbocycles. The summed E-state index contributed by atoms with van der Waals surface area (Å²) in [6.07, 6.45) is 0. The second-order valence-electron chi connectivity index (χ2n) is 4.09. The highest BCUT2D eigenvalue weighted by Gasteiger charge is 2.11. The maximum atomic E-state index is 12.0. The van der Waals surface area contributed by atoms with Crippen molar-refractivity contribution >= 4 is 27.5 Å². The number of phenolic OH excluding ortho intramolecular Hbond substituents is 2. The minimum absolute atomic E-state index is 0.256. The molecule has 0 aliphatic carbocycles. The number of anilines is 1. The molecular formula is C14H12BrNO3. The van der Waals surface area contributed by atoms with Crippen molar-refractivity contribution in [1.29, 1.82) is 0 Å². The van der Waals surface area contributed by atoms with E-state index in [1.165, 1.54) is 18.2 Å². The first kappa shape index (κ1) is 13.4. The highest BCUT2D eigenvalue weighted by Crippen LogP contribution is 2.28. The fourth-order valence-corrected chi connectivity index (χ4v) is 1.97. The van der Waals surface area contributed by atoms with Crippen LogP contribution in [-0.2, 0) is 0 Å². The van der Waals surface area contributed by atoms with E-state index < -0.39 is 0 Å². The summed E-state index contributed by atoms with van der Waals surface area (Å²) in [5, 5.41) is 21.3. The molecule has 0 aliphatic heterocycles. The van der Waals surface area contributed by atoms with E-state index in [9.17, 15) is 15.0 Å². The van der Waals surface area contributed by atoms with E-state index in [1.807, 2.05) is 19.1 Å². The number of amides is 1.